The highest BCUT2D eigenvalue weighted by Gasteiger charge is 2.72. The molecule has 1 saturated heterocycles. The van der Waals surface area contributed by atoms with E-state index in [2.05, 4.69) is 9.26 Å². The summed E-state index contributed by atoms with van der Waals surface area (Å²) in [5.41, 5.74) is 0. The molecule has 1 saturated carbocycles. The number of hydrogen-bond acceptors (Lipinski definition) is 7. The summed E-state index contributed by atoms with van der Waals surface area (Å²) < 4.78 is 32.0. The Bertz CT molecular complexity index is 402. The molecule has 11 heteroatoms. The number of alkyl halides is 1. The van der Waals surface area contributed by atoms with E-state index in [0.29, 0.717) is 0 Å². The first-order valence-corrected chi connectivity index (χ1v) is 6.89. The van der Waals surface area contributed by atoms with Gasteiger partial charge in [0.15, 0.2) is 5.79 Å². The van der Waals surface area contributed by atoms with Crippen LogP contribution in [0.1, 0.15) is 0 Å². The fourth-order valence-electron chi connectivity index (χ4n) is 2.60. The zero-order valence-electron chi connectivity index (χ0n) is 9.40. The number of hydrogen-bond donors (Lipinski definition) is 6. The number of rotatable bonds is 4. The maximum atomic E-state index is 13.1. The molecule has 0 amide bonds. The van der Waals surface area contributed by atoms with Crippen LogP contribution in [0.4, 0.5) is 4.39 Å². The second kappa shape index (κ2) is 4.69. The van der Waals surface area contributed by atoms with Crippen molar-refractivity contribution in [2.75, 3.05) is 6.61 Å². The lowest BCUT2D eigenvalue weighted by Crippen LogP contribution is -2.62. The van der Waals surface area contributed by atoms with Crippen LogP contribution in [0.3, 0.4) is 0 Å². The standard InChI is InChI=1S/C8H14FO9P/c9-7-4-6(12)5(11)3(8(4,13)18-7)2(10)1-17-19(14,15)16/h2-7,10-13H,1H2,(H2,14,15,16). The molecule has 112 valence electrons. The van der Waals surface area contributed by atoms with E-state index in [9.17, 15) is 29.4 Å². The number of phosphoric acid groups is 1. The smallest absolute Gasteiger partial charge is 0.390 e. The molecule has 19 heavy (non-hydrogen) atoms. The van der Waals surface area contributed by atoms with Gasteiger partial charge in [0.2, 0.25) is 6.36 Å². The van der Waals surface area contributed by atoms with Gasteiger partial charge in [0.25, 0.3) is 0 Å². The lowest BCUT2D eigenvalue weighted by Gasteiger charge is -2.47. The van der Waals surface area contributed by atoms with Crippen LogP contribution in [-0.2, 0) is 13.8 Å². The fraction of sp³-hybridized carbons (Fsp3) is 1.00. The minimum atomic E-state index is -4.85. The fourth-order valence-corrected chi connectivity index (χ4v) is 2.94. The van der Waals surface area contributed by atoms with E-state index >= 15 is 0 Å². The molecule has 0 bridgehead atoms. The molecule has 0 radical (unpaired) electrons. The van der Waals surface area contributed by atoms with Gasteiger partial charge in [-0.3, -0.25) is 4.52 Å². The lowest BCUT2D eigenvalue weighted by atomic mass is 9.87. The van der Waals surface area contributed by atoms with Crippen LogP contribution < -0.4 is 0 Å². The molecule has 6 N–H and O–H groups in total. The summed E-state index contributed by atoms with van der Waals surface area (Å²) in [7, 11) is -4.85. The monoisotopic (exact) mass is 304 g/mol. The van der Waals surface area contributed by atoms with Gasteiger partial charge in [-0.05, 0) is 0 Å². The molecule has 2 aliphatic rings. The zero-order chi connectivity index (χ0) is 14.6. The normalized spacial score (nSPS) is 47.6. The summed E-state index contributed by atoms with van der Waals surface area (Å²) in [6.07, 6.45) is -7.14. The van der Waals surface area contributed by atoms with Crippen molar-refractivity contribution in [1.82, 2.24) is 0 Å². The van der Waals surface area contributed by atoms with Gasteiger partial charge in [0.1, 0.15) is 0 Å². The van der Waals surface area contributed by atoms with Crippen LogP contribution in [-0.4, -0.2) is 67.3 Å². The molecule has 0 spiro atoms. The third kappa shape index (κ3) is 2.44. The van der Waals surface area contributed by atoms with Gasteiger partial charge >= 0.3 is 7.82 Å². The molecule has 1 aliphatic heterocycles. The highest BCUT2D eigenvalue weighted by molar-refractivity contribution is 7.46. The van der Waals surface area contributed by atoms with Crippen molar-refractivity contribution in [2.24, 2.45) is 11.8 Å². The Labute approximate surface area is 106 Å². The van der Waals surface area contributed by atoms with Crippen molar-refractivity contribution in [1.29, 1.82) is 0 Å². The summed E-state index contributed by atoms with van der Waals surface area (Å²) in [6, 6.07) is 0. The van der Waals surface area contributed by atoms with Crippen molar-refractivity contribution in [3.8, 4) is 0 Å². The number of fused-ring (bicyclic) bond motifs is 1. The summed E-state index contributed by atoms with van der Waals surface area (Å²) >= 11 is 0. The molecule has 0 aromatic rings. The molecular formula is C8H14FO9P. The highest BCUT2D eigenvalue weighted by atomic mass is 31.2. The summed E-state index contributed by atoms with van der Waals surface area (Å²) in [4.78, 5) is 17.0. The highest BCUT2D eigenvalue weighted by Crippen LogP contribution is 2.54. The number of aliphatic hydroxyl groups excluding tert-OH is 3. The van der Waals surface area contributed by atoms with Gasteiger partial charge in [-0.2, -0.15) is 0 Å². The van der Waals surface area contributed by atoms with E-state index in [-0.39, 0.29) is 0 Å². The third-order valence-electron chi connectivity index (χ3n) is 3.45. The molecular weight excluding hydrogens is 290 g/mol. The summed E-state index contributed by atoms with van der Waals surface area (Å²) in [6.45, 7) is -0.923. The average Bonchev–Trinajstić information content (AvgIpc) is 2.38. The van der Waals surface area contributed by atoms with Gasteiger partial charge < -0.3 is 34.9 Å². The Kier molecular flexibility index (Phi) is 3.76. The van der Waals surface area contributed by atoms with Crippen molar-refractivity contribution in [3.05, 3.63) is 0 Å². The number of phosphoric ester groups is 1. The van der Waals surface area contributed by atoms with Crippen LogP contribution in [0.5, 0.6) is 0 Å². The van der Waals surface area contributed by atoms with Gasteiger partial charge in [0, 0.05) is 0 Å². The third-order valence-corrected chi connectivity index (χ3v) is 3.94. The first-order chi connectivity index (χ1) is 8.58. The number of halogens is 1. The largest absolute Gasteiger partial charge is 0.469 e. The second-order valence-electron chi connectivity index (χ2n) is 4.61. The first-order valence-electron chi connectivity index (χ1n) is 5.36. The van der Waals surface area contributed by atoms with Gasteiger partial charge in [-0.25, -0.2) is 8.96 Å². The molecule has 0 aromatic heterocycles. The molecule has 1 aliphatic carbocycles. The van der Waals surface area contributed by atoms with E-state index in [1.54, 1.807) is 0 Å². The minimum absolute atomic E-state index is 0.923. The molecule has 0 aromatic carbocycles. The second-order valence-corrected chi connectivity index (χ2v) is 5.85. The SMILES string of the molecule is O=P(O)(O)OCC(O)C1C(O)C(O)C2C(F)OC12O. The Morgan fingerprint density at radius 1 is 1.37 bits per heavy atom. The minimum Gasteiger partial charge on any atom is -0.390 e. The maximum Gasteiger partial charge on any atom is 0.469 e. The summed E-state index contributed by atoms with van der Waals surface area (Å²) in [5, 5.41) is 38.8. The van der Waals surface area contributed by atoms with Gasteiger partial charge in [-0.15, -0.1) is 0 Å². The predicted molar refractivity (Wildman–Crippen MR) is 53.9 cm³/mol. The quantitative estimate of drug-likeness (QED) is 0.307. The van der Waals surface area contributed by atoms with Gasteiger partial charge in [0.05, 0.1) is 36.8 Å². The molecule has 1 heterocycles. The Morgan fingerprint density at radius 3 is 2.37 bits per heavy atom. The molecule has 7 unspecified atom stereocenters. The van der Waals surface area contributed by atoms with E-state index < -0.39 is 56.7 Å². The number of aliphatic hydroxyl groups is 4. The van der Waals surface area contributed by atoms with Gasteiger partial charge in [-0.1, -0.05) is 0 Å². The lowest BCUT2D eigenvalue weighted by molar-refractivity contribution is -0.415. The van der Waals surface area contributed by atoms with Crippen LogP contribution in [0, 0.1) is 11.8 Å². The predicted octanol–water partition coefficient (Wildman–Crippen LogP) is -2.56. The number of ether oxygens (including phenoxy) is 1. The Balaban J connectivity index is 2.09. The Morgan fingerprint density at radius 2 is 1.95 bits per heavy atom. The van der Waals surface area contributed by atoms with E-state index in [0.717, 1.165) is 0 Å². The van der Waals surface area contributed by atoms with Crippen LogP contribution in [0.15, 0.2) is 0 Å². The Hall–Kier alpha value is -0.160. The average molecular weight is 304 g/mol. The van der Waals surface area contributed by atoms with Crippen molar-refractivity contribution in [3.63, 3.8) is 0 Å². The van der Waals surface area contributed by atoms with E-state index in [1.807, 2.05) is 0 Å². The van der Waals surface area contributed by atoms with Crippen molar-refractivity contribution >= 4 is 7.82 Å². The molecule has 2 rings (SSSR count). The topological polar surface area (TPSA) is 157 Å². The molecule has 7 atom stereocenters. The molecule has 2 fully saturated rings. The zero-order valence-corrected chi connectivity index (χ0v) is 10.3. The van der Waals surface area contributed by atoms with Crippen LogP contribution in [0.2, 0.25) is 0 Å². The van der Waals surface area contributed by atoms with Crippen LogP contribution in [0.25, 0.3) is 0 Å². The summed E-state index contributed by atoms with van der Waals surface area (Å²) in [5.74, 6) is -5.28. The van der Waals surface area contributed by atoms with E-state index in [4.69, 9.17) is 9.79 Å². The van der Waals surface area contributed by atoms with Crippen molar-refractivity contribution in [2.45, 2.75) is 30.5 Å². The maximum absolute atomic E-state index is 13.1. The van der Waals surface area contributed by atoms with E-state index in [1.165, 1.54) is 0 Å². The molecule has 9 nitrogen and oxygen atoms in total. The first kappa shape index (κ1) is 15.2. The van der Waals surface area contributed by atoms with Crippen molar-refractivity contribution < 1.29 is 48.4 Å². The van der Waals surface area contributed by atoms with Crippen LogP contribution >= 0.6 is 7.82 Å².